The Kier molecular flexibility index (Phi) is 5.39. The van der Waals surface area contributed by atoms with Gasteiger partial charge in [0, 0.05) is 0 Å². The number of halogens is 1. The van der Waals surface area contributed by atoms with E-state index in [0.29, 0.717) is 25.7 Å². The third-order valence-corrected chi connectivity index (χ3v) is 1.98. The van der Waals surface area contributed by atoms with E-state index in [1.165, 1.54) is 0 Å². The van der Waals surface area contributed by atoms with Gasteiger partial charge in [0.15, 0.2) is 0 Å². The Bertz CT molecular complexity index is 148. The molecule has 0 unspecified atom stereocenters. The molecular weight excluding hydrogens is 192 g/mol. The molecule has 1 aliphatic heterocycles. The monoisotopic (exact) mass is 206 g/mol. The Morgan fingerprint density at radius 1 is 1.69 bits per heavy atom. The van der Waals surface area contributed by atoms with Crippen molar-refractivity contribution in [3.8, 4) is 0 Å². The Balaban J connectivity index is 1.98. The summed E-state index contributed by atoms with van der Waals surface area (Å²) in [6, 6.07) is 0. The quantitative estimate of drug-likeness (QED) is 0.259. The minimum atomic E-state index is -0.0363. The molecule has 1 aliphatic rings. The molecule has 1 rings (SSSR count). The van der Waals surface area contributed by atoms with Crippen LogP contribution in [0.4, 0.5) is 0 Å². The van der Waals surface area contributed by atoms with Gasteiger partial charge in [-0.05, 0) is 0 Å². The fraction of sp³-hybridized carbons (Fsp3) is 0.778. The van der Waals surface area contributed by atoms with E-state index >= 15 is 0 Å². The summed E-state index contributed by atoms with van der Waals surface area (Å²) < 4.78 is 15.7. The molecular formula is C9H15ClO3. The lowest BCUT2D eigenvalue weighted by atomic mass is 10.4. The molecule has 0 aromatic carbocycles. The number of alkyl halides is 1. The van der Waals surface area contributed by atoms with E-state index in [0.717, 1.165) is 6.61 Å². The topological polar surface area (TPSA) is 31.0 Å². The molecule has 0 saturated carbocycles. The third kappa shape index (κ3) is 5.26. The summed E-state index contributed by atoms with van der Waals surface area (Å²) in [6.07, 6.45) is 1.95. The van der Waals surface area contributed by atoms with Crippen molar-refractivity contribution in [2.75, 3.05) is 32.3 Å². The highest BCUT2D eigenvalue weighted by atomic mass is 35.5. The summed E-state index contributed by atoms with van der Waals surface area (Å²) in [7, 11) is 0. The highest BCUT2D eigenvalue weighted by molar-refractivity contribution is 6.18. The van der Waals surface area contributed by atoms with Crippen LogP contribution in [0, 0.1) is 0 Å². The van der Waals surface area contributed by atoms with Crippen molar-refractivity contribution in [3.63, 3.8) is 0 Å². The van der Waals surface area contributed by atoms with Crippen LogP contribution < -0.4 is 0 Å². The van der Waals surface area contributed by atoms with Gasteiger partial charge in [0.25, 0.3) is 0 Å². The van der Waals surface area contributed by atoms with Crippen LogP contribution >= 0.6 is 11.6 Å². The molecule has 2 atom stereocenters. The van der Waals surface area contributed by atoms with Crippen LogP contribution in [0.25, 0.3) is 0 Å². The molecule has 0 aromatic heterocycles. The zero-order valence-corrected chi connectivity index (χ0v) is 8.33. The lowest BCUT2D eigenvalue weighted by Gasteiger charge is -2.13. The smallest absolute Gasteiger partial charge is 0.104 e. The average Bonchev–Trinajstić information content (AvgIpc) is 2.94. The van der Waals surface area contributed by atoms with Gasteiger partial charge < -0.3 is 14.2 Å². The first-order valence-electron chi connectivity index (χ1n) is 4.34. The largest absolute Gasteiger partial charge is 0.375 e. The Hall–Kier alpha value is -0.0900. The highest BCUT2D eigenvalue weighted by Crippen LogP contribution is 2.10. The first kappa shape index (κ1) is 11.0. The first-order chi connectivity index (χ1) is 6.36. The molecule has 3 nitrogen and oxygen atoms in total. The summed E-state index contributed by atoms with van der Waals surface area (Å²) in [6.45, 7) is 6.03. The van der Waals surface area contributed by atoms with Gasteiger partial charge in [0.05, 0.1) is 38.4 Å². The number of hydrogen-bond acceptors (Lipinski definition) is 3. The van der Waals surface area contributed by atoms with Gasteiger partial charge >= 0.3 is 0 Å². The summed E-state index contributed by atoms with van der Waals surface area (Å²) >= 11 is 5.68. The zero-order chi connectivity index (χ0) is 9.52. The molecule has 0 aromatic rings. The molecule has 13 heavy (non-hydrogen) atoms. The molecule has 0 bridgehead atoms. The standard InChI is InChI=1S/C9H15ClO3/c1-2-3-11-5-8(4-10)12-6-9-7-13-9/h2,8-9H,1,3-7H2/t8-,9-/m0/s1. The predicted molar refractivity (Wildman–Crippen MR) is 51.2 cm³/mol. The van der Waals surface area contributed by atoms with Gasteiger partial charge in [0.1, 0.15) is 6.10 Å². The predicted octanol–water partition coefficient (Wildman–Crippen LogP) is 1.21. The van der Waals surface area contributed by atoms with Crippen molar-refractivity contribution in [3.05, 3.63) is 12.7 Å². The second kappa shape index (κ2) is 6.38. The fourth-order valence-electron chi connectivity index (χ4n) is 0.828. The molecule has 0 amide bonds. The minimum absolute atomic E-state index is 0.0363. The van der Waals surface area contributed by atoms with E-state index in [1.807, 2.05) is 0 Å². The van der Waals surface area contributed by atoms with Crippen molar-refractivity contribution in [2.45, 2.75) is 12.2 Å². The van der Waals surface area contributed by atoms with Crippen LogP contribution in [-0.4, -0.2) is 44.5 Å². The number of ether oxygens (including phenoxy) is 3. The second-order valence-electron chi connectivity index (χ2n) is 2.89. The van der Waals surface area contributed by atoms with E-state index in [-0.39, 0.29) is 12.2 Å². The molecule has 0 N–H and O–H groups in total. The van der Waals surface area contributed by atoms with Gasteiger partial charge in [-0.3, -0.25) is 0 Å². The van der Waals surface area contributed by atoms with E-state index in [4.69, 9.17) is 25.8 Å². The summed E-state index contributed by atoms with van der Waals surface area (Å²) in [4.78, 5) is 0. The van der Waals surface area contributed by atoms with Crippen LogP contribution in [0.3, 0.4) is 0 Å². The Morgan fingerprint density at radius 3 is 3.00 bits per heavy atom. The maximum absolute atomic E-state index is 5.68. The van der Waals surface area contributed by atoms with E-state index in [1.54, 1.807) is 6.08 Å². The fourth-order valence-corrected chi connectivity index (χ4v) is 1.01. The SMILES string of the molecule is C=CCOC[C@H](CCl)OC[C@H]1CO1. The minimum Gasteiger partial charge on any atom is -0.375 e. The molecule has 1 fully saturated rings. The molecule has 0 spiro atoms. The Labute approximate surface area is 83.6 Å². The van der Waals surface area contributed by atoms with Gasteiger partial charge in [0.2, 0.25) is 0 Å². The van der Waals surface area contributed by atoms with Crippen LogP contribution in [0.1, 0.15) is 0 Å². The van der Waals surface area contributed by atoms with Crippen LogP contribution in [0.5, 0.6) is 0 Å². The van der Waals surface area contributed by atoms with E-state index in [2.05, 4.69) is 6.58 Å². The maximum Gasteiger partial charge on any atom is 0.104 e. The zero-order valence-electron chi connectivity index (χ0n) is 7.58. The van der Waals surface area contributed by atoms with E-state index in [9.17, 15) is 0 Å². The number of hydrogen-bond donors (Lipinski definition) is 0. The molecule has 1 heterocycles. The Morgan fingerprint density at radius 2 is 2.46 bits per heavy atom. The lowest BCUT2D eigenvalue weighted by molar-refractivity contribution is -0.00307. The van der Waals surface area contributed by atoms with Gasteiger partial charge in [-0.1, -0.05) is 6.08 Å². The number of rotatable bonds is 8. The highest BCUT2D eigenvalue weighted by Gasteiger charge is 2.24. The van der Waals surface area contributed by atoms with Crippen LogP contribution in [0.15, 0.2) is 12.7 Å². The normalized spacial score (nSPS) is 22.7. The van der Waals surface area contributed by atoms with Crippen molar-refractivity contribution in [1.29, 1.82) is 0 Å². The summed E-state index contributed by atoms with van der Waals surface area (Å²) in [5, 5.41) is 0. The van der Waals surface area contributed by atoms with Crippen molar-refractivity contribution in [1.82, 2.24) is 0 Å². The maximum atomic E-state index is 5.68. The average molecular weight is 207 g/mol. The van der Waals surface area contributed by atoms with Gasteiger partial charge in [-0.15, -0.1) is 18.2 Å². The molecule has 1 saturated heterocycles. The van der Waals surface area contributed by atoms with Crippen LogP contribution in [-0.2, 0) is 14.2 Å². The van der Waals surface area contributed by atoms with Crippen molar-refractivity contribution in [2.24, 2.45) is 0 Å². The van der Waals surface area contributed by atoms with E-state index < -0.39 is 0 Å². The second-order valence-corrected chi connectivity index (χ2v) is 3.20. The van der Waals surface area contributed by atoms with Crippen molar-refractivity contribution < 1.29 is 14.2 Å². The molecule has 4 heteroatoms. The van der Waals surface area contributed by atoms with Crippen molar-refractivity contribution >= 4 is 11.6 Å². The molecule has 0 aliphatic carbocycles. The molecule has 76 valence electrons. The summed E-state index contributed by atoms with van der Waals surface area (Å²) in [5.41, 5.74) is 0. The van der Waals surface area contributed by atoms with Gasteiger partial charge in [-0.25, -0.2) is 0 Å². The van der Waals surface area contributed by atoms with Gasteiger partial charge in [-0.2, -0.15) is 0 Å². The number of epoxide rings is 1. The van der Waals surface area contributed by atoms with Crippen LogP contribution in [0.2, 0.25) is 0 Å². The lowest BCUT2D eigenvalue weighted by Crippen LogP contribution is -2.23. The third-order valence-electron chi connectivity index (χ3n) is 1.63. The summed E-state index contributed by atoms with van der Waals surface area (Å²) in [5.74, 6) is 0.448. The first-order valence-corrected chi connectivity index (χ1v) is 4.88. The molecule has 0 radical (unpaired) electrons.